The van der Waals surface area contributed by atoms with Crippen LogP contribution in [0.2, 0.25) is 0 Å². The Labute approximate surface area is 142 Å². The first-order chi connectivity index (χ1) is 11.7. The molecule has 4 nitrogen and oxygen atoms in total. The van der Waals surface area contributed by atoms with E-state index in [1.165, 1.54) is 36.8 Å². The van der Waals surface area contributed by atoms with Crippen molar-refractivity contribution in [2.24, 2.45) is 10.9 Å². The van der Waals surface area contributed by atoms with Crippen molar-refractivity contribution in [2.45, 2.75) is 25.4 Å². The summed E-state index contributed by atoms with van der Waals surface area (Å²) in [4.78, 5) is 7.39. The van der Waals surface area contributed by atoms with Crippen molar-refractivity contribution >= 4 is 22.5 Å². The zero-order valence-corrected chi connectivity index (χ0v) is 14.2. The smallest absolute Gasteiger partial charge is 0.219 e. The van der Waals surface area contributed by atoms with Crippen LogP contribution in [0.4, 0.5) is 0 Å². The third kappa shape index (κ3) is 1.92. The molecule has 4 aliphatic rings. The minimum Gasteiger partial charge on any atom is -0.467 e. The van der Waals surface area contributed by atoms with E-state index in [1.54, 1.807) is 0 Å². The zero-order valence-electron chi connectivity index (χ0n) is 14.2. The van der Waals surface area contributed by atoms with Gasteiger partial charge in [0, 0.05) is 29.7 Å². The first kappa shape index (κ1) is 14.3. The van der Waals surface area contributed by atoms with Crippen LogP contribution in [0.1, 0.15) is 25.3 Å². The normalized spacial score (nSPS) is 31.5. The molecule has 5 heterocycles. The lowest BCUT2D eigenvalue weighted by molar-refractivity contribution is -0.0825. The predicted octanol–water partition coefficient (Wildman–Crippen LogP) is 3.37. The largest absolute Gasteiger partial charge is 0.467 e. The molecule has 4 aliphatic heterocycles. The van der Waals surface area contributed by atoms with Crippen molar-refractivity contribution in [1.29, 1.82) is 0 Å². The van der Waals surface area contributed by atoms with Crippen LogP contribution >= 0.6 is 0 Å². The van der Waals surface area contributed by atoms with Gasteiger partial charge in [0.1, 0.15) is 5.60 Å². The highest BCUT2D eigenvalue weighted by molar-refractivity contribution is 6.08. The maximum absolute atomic E-state index is 6.58. The summed E-state index contributed by atoms with van der Waals surface area (Å²) in [7, 11) is 0. The molecule has 1 spiro atoms. The van der Waals surface area contributed by atoms with Crippen molar-refractivity contribution in [3.8, 4) is 0 Å². The molecular weight excluding hydrogens is 298 g/mol. The van der Waals surface area contributed by atoms with Crippen LogP contribution in [0.3, 0.4) is 0 Å². The van der Waals surface area contributed by atoms with Crippen molar-refractivity contribution in [2.75, 3.05) is 26.2 Å². The Balaban J connectivity index is 1.54. The van der Waals surface area contributed by atoms with Gasteiger partial charge in [-0.25, -0.2) is 4.99 Å². The summed E-state index contributed by atoms with van der Waals surface area (Å²) in [5, 5.41) is 1.19. The predicted molar refractivity (Wildman–Crippen MR) is 97.3 cm³/mol. The van der Waals surface area contributed by atoms with Gasteiger partial charge in [0.25, 0.3) is 0 Å². The minimum atomic E-state index is -0.0851. The van der Waals surface area contributed by atoms with E-state index in [4.69, 9.17) is 9.73 Å². The second-order valence-corrected chi connectivity index (χ2v) is 7.50. The van der Waals surface area contributed by atoms with Gasteiger partial charge >= 0.3 is 0 Å². The van der Waals surface area contributed by atoms with Crippen LogP contribution in [-0.4, -0.2) is 47.1 Å². The molecule has 0 radical (unpaired) electrons. The van der Waals surface area contributed by atoms with E-state index in [-0.39, 0.29) is 5.60 Å². The maximum atomic E-state index is 6.58. The fourth-order valence-corrected chi connectivity index (χ4v) is 4.69. The number of rotatable bonds is 2. The highest BCUT2D eigenvalue weighted by Crippen LogP contribution is 2.42. The highest BCUT2D eigenvalue weighted by atomic mass is 16.5. The number of hydrogen-bond acceptors (Lipinski definition) is 3. The molecule has 1 aromatic carbocycles. The van der Waals surface area contributed by atoms with E-state index in [0.29, 0.717) is 5.92 Å². The number of ether oxygens (including phenoxy) is 1. The Kier molecular flexibility index (Phi) is 2.95. The third-order valence-corrected chi connectivity index (χ3v) is 5.97. The van der Waals surface area contributed by atoms with Gasteiger partial charge in [0.05, 0.1) is 17.6 Å². The summed E-state index contributed by atoms with van der Waals surface area (Å²) in [6, 6.07) is 8.43. The van der Waals surface area contributed by atoms with Crippen LogP contribution in [0, 0.1) is 5.92 Å². The summed E-state index contributed by atoms with van der Waals surface area (Å²) >= 11 is 0. The average Bonchev–Trinajstić information content (AvgIpc) is 3.18. The van der Waals surface area contributed by atoms with E-state index >= 15 is 0 Å². The number of fused-ring (bicyclic) bond motifs is 3. The minimum absolute atomic E-state index is 0.0851. The number of para-hydroxylation sites is 1. The first-order valence-corrected chi connectivity index (χ1v) is 8.88. The molecule has 0 saturated carbocycles. The van der Waals surface area contributed by atoms with Crippen molar-refractivity contribution < 1.29 is 4.74 Å². The lowest BCUT2D eigenvalue weighted by Gasteiger charge is -2.50. The van der Waals surface area contributed by atoms with Gasteiger partial charge in [-0.1, -0.05) is 24.8 Å². The van der Waals surface area contributed by atoms with Crippen LogP contribution in [0.15, 0.2) is 42.0 Å². The molecule has 6 rings (SSSR count). The molecule has 4 heteroatoms. The van der Waals surface area contributed by atoms with Gasteiger partial charge in [0.15, 0.2) is 0 Å². The standard InChI is InChI=1S/C20H23N3O/c1-14(2)23-11-17(16-5-3-4-6-18(16)23)19-21-12-20(24-19)13-22-9-7-15(20)8-10-22/h3-6,11,15H,1,7-10,12-13H2,2H3. The van der Waals surface area contributed by atoms with Crippen LogP contribution in [-0.2, 0) is 4.74 Å². The molecule has 24 heavy (non-hydrogen) atoms. The number of aromatic nitrogens is 1. The number of nitrogens with zero attached hydrogens (tertiary/aromatic N) is 3. The van der Waals surface area contributed by atoms with E-state index < -0.39 is 0 Å². The SMILES string of the molecule is C=C(C)n1cc(C2=NCC3(CN4CCC3CC4)O2)c2ccccc21. The lowest BCUT2D eigenvalue weighted by atomic mass is 9.75. The summed E-state index contributed by atoms with van der Waals surface area (Å²) in [5.74, 6) is 1.47. The maximum Gasteiger partial charge on any atom is 0.219 e. The monoisotopic (exact) mass is 321 g/mol. The second-order valence-electron chi connectivity index (χ2n) is 7.50. The zero-order chi connectivity index (χ0) is 16.3. The van der Waals surface area contributed by atoms with Crippen LogP contribution in [0.5, 0.6) is 0 Å². The second kappa shape index (κ2) is 4.96. The van der Waals surface area contributed by atoms with Gasteiger partial charge in [-0.3, -0.25) is 4.90 Å². The molecule has 0 aliphatic carbocycles. The Bertz CT molecular complexity index is 857. The lowest BCUT2D eigenvalue weighted by Crippen LogP contribution is -2.60. The van der Waals surface area contributed by atoms with Crippen molar-refractivity contribution in [1.82, 2.24) is 9.47 Å². The first-order valence-electron chi connectivity index (χ1n) is 8.88. The number of aliphatic imine (C=N–C) groups is 1. The molecule has 124 valence electrons. The summed E-state index contributed by atoms with van der Waals surface area (Å²) in [6.45, 7) is 10.4. The Hall–Kier alpha value is -2.07. The van der Waals surface area contributed by atoms with Crippen molar-refractivity contribution in [3.05, 3.63) is 42.6 Å². The number of hydrogen-bond donors (Lipinski definition) is 0. The van der Waals surface area contributed by atoms with Crippen LogP contribution in [0.25, 0.3) is 16.6 Å². The molecule has 0 N–H and O–H groups in total. The van der Waals surface area contributed by atoms with Gasteiger partial charge in [-0.15, -0.1) is 0 Å². The summed E-state index contributed by atoms with van der Waals surface area (Å²) in [6.07, 6.45) is 4.62. The van der Waals surface area contributed by atoms with Gasteiger partial charge in [0.2, 0.25) is 5.90 Å². The van der Waals surface area contributed by atoms with Gasteiger partial charge < -0.3 is 9.30 Å². The average molecular weight is 321 g/mol. The van der Waals surface area contributed by atoms with Gasteiger partial charge in [-0.2, -0.15) is 0 Å². The molecule has 3 saturated heterocycles. The van der Waals surface area contributed by atoms with Crippen LogP contribution < -0.4 is 0 Å². The summed E-state index contributed by atoms with van der Waals surface area (Å²) < 4.78 is 8.71. The quantitative estimate of drug-likeness (QED) is 0.849. The number of allylic oxidation sites excluding steroid dienone is 1. The molecule has 2 bridgehead atoms. The molecule has 1 atom stereocenters. The Morgan fingerprint density at radius 2 is 2.08 bits per heavy atom. The topological polar surface area (TPSA) is 29.8 Å². The third-order valence-electron chi connectivity index (χ3n) is 5.97. The van der Waals surface area contributed by atoms with E-state index in [2.05, 4.69) is 46.5 Å². The molecule has 1 aromatic heterocycles. The van der Waals surface area contributed by atoms with E-state index in [9.17, 15) is 0 Å². The Morgan fingerprint density at radius 1 is 1.29 bits per heavy atom. The molecule has 2 aromatic rings. The Morgan fingerprint density at radius 3 is 2.79 bits per heavy atom. The molecule has 0 amide bonds. The molecule has 1 unspecified atom stereocenters. The number of piperidine rings is 3. The molecule has 3 fully saturated rings. The molecular formula is C20H23N3O. The summed E-state index contributed by atoms with van der Waals surface area (Å²) in [5.41, 5.74) is 3.19. The highest BCUT2D eigenvalue weighted by Gasteiger charge is 2.51. The fourth-order valence-electron chi connectivity index (χ4n) is 4.69. The van der Waals surface area contributed by atoms with Crippen molar-refractivity contribution in [3.63, 3.8) is 0 Å². The number of benzene rings is 1. The van der Waals surface area contributed by atoms with E-state index in [1.807, 2.05) is 6.92 Å². The van der Waals surface area contributed by atoms with E-state index in [0.717, 1.165) is 30.2 Å². The fraction of sp³-hybridized carbons (Fsp3) is 0.450. The van der Waals surface area contributed by atoms with Gasteiger partial charge in [-0.05, 0) is 38.9 Å².